The van der Waals surface area contributed by atoms with Gasteiger partial charge in [-0.3, -0.25) is 14.5 Å². The first-order valence-corrected chi connectivity index (χ1v) is 11.2. The van der Waals surface area contributed by atoms with Crippen LogP contribution in [-0.4, -0.2) is 41.4 Å². The van der Waals surface area contributed by atoms with Crippen LogP contribution in [0.25, 0.3) is 33.3 Å². The largest absolute Gasteiger partial charge is 0.494 e. The number of hydrogen-bond donors (Lipinski definition) is 2. The topological polar surface area (TPSA) is 98.2 Å². The molecular formula is C28H18FN5O3. The molecule has 0 bridgehead atoms. The molecule has 37 heavy (non-hydrogen) atoms. The Balaban J connectivity index is 1.54. The van der Waals surface area contributed by atoms with Crippen molar-refractivity contribution in [3.05, 3.63) is 96.2 Å². The lowest BCUT2D eigenvalue weighted by Crippen LogP contribution is -2.02. The Bertz CT molecular complexity index is 1850. The van der Waals surface area contributed by atoms with E-state index in [1.165, 1.54) is 31.4 Å². The zero-order chi connectivity index (χ0) is 25.5. The van der Waals surface area contributed by atoms with Gasteiger partial charge in [-0.05, 0) is 42.5 Å². The first-order chi connectivity index (χ1) is 18.0. The third kappa shape index (κ3) is 3.77. The third-order valence-corrected chi connectivity index (χ3v) is 5.92. The average molecular weight is 491 g/mol. The van der Waals surface area contributed by atoms with Gasteiger partial charge in [0.25, 0.3) is 0 Å². The summed E-state index contributed by atoms with van der Waals surface area (Å²) in [5.74, 6) is 5.02. The number of imidazole rings is 1. The lowest BCUT2D eigenvalue weighted by atomic mass is 10.1. The maximum absolute atomic E-state index is 15.3. The molecule has 2 N–H and O–H groups in total. The van der Waals surface area contributed by atoms with Crippen molar-refractivity contribution in [2.45, 2.75) is 0 Å². The van der Waals surface area contributed by atoms with Crippen molar-refractivity contribution >= 4 is 21.9 Å². The number of pyridine rings is 2. The van der Waals surface area contributed by atoms with Gasteiger partial charge in [0, 0.05) is 47.1 Å². The highest BCUT2D eigenvalue weighted by atomic mass is 19.1. The molecule has 4 heterocycles. The van der Waals surface area contributed by atoms with Gasteiger partial charge in [0.2, 0.25) is 0 Å². The van der Waals surface area contributed by atoms with E-state index in [2.05, 4.69) is 26.8 Å². The molecule has 0 radical (unpaired) electrons. The summed E-state index contributed by atoms with van der Waals surface area (Å²) in [7, 11) is 1.48. The summed E-state index contributed by atoms with van der Waals surface area (Å²) < 4.78 is 23.5. The number of halogens is 1. The molecule has 6 rings (SSSR count). The molecule has 0 aliphatic carbocycles. The first-order valence-electron chi connectivity index (χ1n) is 11.2. The van der Waals surface area contributed by atoms with Crippen LogP contribution in [0.4, 0.5) is 4.39 Å². The minimum atomic E-state index is -0.662. The predicted octanol–water partition coefficient (Wildman–Crippen LogP) is 4.72. The van der Waals surface area contributed by atoms with Crippen molar-refractivity contribution in [1.29, 1.82) is 0 Å². The second-order valence-corrected chi connectivity index (χ2v) is 8.17. The van der Waals surface area contributed by atoms with E-state index in [1.54, 1.807) is 29.2 Å². The Labute approximate surface area is 209 Å². The first kappa shape index (κ1) is 22.1. The maximum atomic E-state index is 15.3. The monoisotopic (exact) mass is 491 g/mol. The van der Waals surface area contributed by atoms with Crippen LogP contribution < -0.4 is 4.74 Å². The highest BCUT2D eigenvalue weighted by molar-refractivity contribution is 6.04. The van der Waals surface area contributed by atoms with E-state index >= 15 is 4.39 Å². The van der Waals surface area contributed by atoms with Crippen molar-refractivity contribution in [1.82, 2.24) is 24.1 Å². The molecule has 0 amide bonds. The van der Waals surface area contributed by atoms with Crippen LogP contribution in [0.2, 0.25) is 0 Å². The molecular weight excluding hydrogens is 473 g/mol. The Morgan fingerprint density at radius 3 is 2.41 bits per heavy atom. The van der Waals surface area contributed by atoms with E-state index in [1.807, 2.05) is 30.3 Å². The number of ether oxygens (including phenoxy) is 1. The highest BCUT2D eigenvalue weighted by Crippen LogP contribution is 2.34. The van der Waals surface area contributed by atoms with E-state index in [0.29, 0.717) is 22.2 Å². The molecule has 8 nitrogen and oxygen atoms in total. The summed E-state index contributed by atoms with van der Waals surface area (Å²) in [5, 5.41) is 20.8. The summed E-state index contributed by atoms with van der Waals surface area (Å²) in [6, 6.07) is 16.6. The lowest BCUT2D eigenvalue weighted by Gasteiger charge is -2.13. The fraction of sp³-hybridized carbons (Fsp3) is 0.0357. The fourth-order valence-corrected chi connectivity index (χ4v) is 4.25. The second-order valence-electron chi connectivity index (χ2n) is 8.17. The van der Waals surface area contributed by atoms with Crippen molar-refractivity contribution in [2.75, 3.05) is 7.11 Å². The maximum Gasteiger partial charge on any atom is 0.301 e. The van der Waals surface area contributed by atoms with Crippen LogP contribution in [0, 0.1) is 17.7 Å². The zero-order valence-corrected chi connectivity index (χ0v) is 19.4. The Morgan fingerprint density at radius 1 is 0.865 bits per heavy atom. The number of fused-ring (bicyclic) bond motifs is 3. The van der Waals surface area contributed by atoms with Crippen LogP contribution in [0.5, 0.6) is 17.8 Å². The number of benzene rings is 2. The van der Waals surface area contributed by atoms with Crippen LogP contribution in [0.1, 0.15) is 11.1 Å². The summed E-state index contributed by atoms with van der Waals surface area (Å²) >= 11 is 0. The molecule has 9 heteroatoms. The molecule has 180 valence electrons. The van der Waals surface area contributed by atoms with Crippen LogP contribution in [0.15, 0.2) is 79.3 Å². The molecule has 0 fully saturated rings. The Morgan fingerprint density at radius 2 is 1.68 bits per heavy atom. The minimum Gasteiger partial charge on any atom is -0.494 e. The number of hydrogen-bond acceptors (Lipinski definition) is 6. The molecule has 0 saturated carbocycles. The van der Waals surface area contributed by atoms with Crippen LogP contribution in [0.3, 0.4) is 0 Å². The normalized spacial score (nSPS) is 11.0. The summed E-state index contributed by atoms with van der Waals surface area (Å²) in [6.45, 7) is 0. The van der Waals surface area contributed by atoms with Gasteiger partial charge in [-0.1, -0.05) is 11.8 Å². The molecule has 0 aliphatic rings. The van der Waals surface area contributed by atoms with Crippen molar-refractivity contribution < 1.29 is 19.3 Å². The number of nitrogens with zero attached hydrogens (tertiary/aromatic N) is 5. The Kier molecular flexibility index (Phi) is 5.20. The van der Waals surface area contributed by atoms with E-state index in [0.717, 1.165) is 21.1 Å². The minimum absolute atomic E-state index is 0.00775. The molecule has 0 spiro atoms. The van der Waals surface area contributed by atoms with Gasteiger partial charge in [0.05, 0.1) is 35.7 Å². The van der Waals surface area contributed by atoms with Gasteiger partial charge in [0.1, 0.15) is 11.3 Å². The van der Waals surface area contributed by atoms with Crippen molar-refractivity contribution in [2.24, 2.45) is 0 Å². The summed E-state index contributed by atoms with van der Waals surface area (Å²) in [6.07, 6.45) is 5.02. The summed E-state index contributed by atoms with van der Waals surface area (Å²) in [4.78, 5) is 13.1. The molecule has 0 saturated heterocycles. The SMILES string of the molecule is COc1nc2cnc3ccc(C#Cc4cccnc4)cc3c2n1-c1ccc(-n2c(O)ccc2O)c(F)c1. The molecule has 0 atom stereocenters. The highest BCUT2D eigenvalue weighted by Gasteiger charge is 2.19. The average Bonchev–Trinajstić information content (AvgIpc) is 3.47. The zero-order valence-electron chi connectivity index (χ0n) is 19.4. The Hall–Kier alpha value is -5.36. The molecule has 6 aromatic rings. The summed E-state index contributed by atoms with van der Waals surface area (Å²) in [5.41, 5.74) is 3.93. The fourth-order valence-electron chi connectivity index (χ4n) is 4.25. The molecule has 0 unspecified atom stereocenters. The number of aromatic hydroxyl groups is 2. The predicted molar refractivity (Wildman–Crippen MR) is 136 cm³/mol. The van der Waals surface area contributed by atoms with Gasteiger partial charge >= 0.3 is 6.01 Å². The van der Waals surface area contributed by atoms with Gasteiger partial charge in [-0.2, -0.15) is 4.98 Å². The van der Waals surface area contributed by atoms with Gasteiger partial charge in [-0.25, -0.2) is 8.96 Å². The van der Waals surface area contributed by atoms with E-state index in [9.17, 15) is 10.2 Å². The van der Waals surface area contributed by atoms with E-state index in [4.69, 9.17) is 4.74 Å². The van der Waals surface area contributed by atoms with E-state index < -0.39 is 5.82 Å². The number of rotatable bonds is 3. The van der Waals surface area contributed by atoms with Crippen molar-refractivity contribution in [3.63, 3.8) is 0 Å². The smallest absolute Gasteiger partial charge is 0.301 e. The second kappa shape index (κ2) is 8.70. The molecule has 0 aliphatic heterocycles. The standard InChI is InChI=1S/C28H18FN5O3/c1-37-28-32-23-16-31-22-8-6-17(4-5-18-3-2-12-30-15-18)13-20(22)27(23)33(28)19-7-9-24(21(29)14-19)34-25(35)10-11-26(34)36/h2-3,6-16,35-36H,1H3. The van der Waals surface area contributed by atoms with Gasteiger partial charge < -0.3 is 14.9 Å². The number of aromatic nitrogens is 5. The van der Waals surface area contributed by atoms with E-state index in [-0.39, 0.29) is 23.5 Å². The van der Waals surface area contributed by atoms with Crippen LogP contribution in [-0.2, 0) is 0 Å². The third-order valence-electron chi connectivity index (χ3n) is 5.92. The lowest BCUT2D eigenvalue weighted by molar-refractivity contribution is 0.375. The molecule has 4 aromatic heterocycles. The molecule has 2 aromatic carbocycles. The van der Waals surface area contributed by atoms with Gasteiger partial charge in [0.15, 0.2) is 11.8 Å². The van der Waals surface area contributed by atoms with Crippen LogP contribution >= 0.6 is 0 Å². The number of methoxy groups -OCH3 is 1. The quantitative estimate of drug-likeness (QED) is 0.348. The van der Waals surface area contributed by atoms with Gasteiger partial charge in [-0.15, -0.1) is 0 Å². The van der Waals surface area contributed by atoms with Crippen molar-refractivity contribution in [3.8, 4) is 41.0 Å².